The van der Waals surface area contributed by atoms with Gasteiger partial charge in [-0.05, 0) is 49.8 Å². The lowest BCUT2D eigenvalue weighted by Gasteiger charge is -2.38. The van der Waals surface area contributed by atoms with Crippen LogP contribution in [0.2, 0.25) is 0 Å². The predicted octanol–water partition coefficient (Wildman–Crippen LogP) is 3.75. The van der Waals surface area contributed by atoms with E-state index in [9.17, 15) is 5.11 Å². The summed E-state index contributed by atoms with van der Waals surface area (Å²) in [7, 11) is 0. The molecular weight excluding hydrogens is 222 g/mol. The molecule has 1 aromatic carbocycles. The van der Waals surface area contributed by atoms with Crippen molar-refractivity contribution in [2.45, 2.75) is 52.2 Å². The Labute approximate surface area is 111 Å². The van der Waals surface area contributed by atoms with E-state index in [1.165, 1.54) is 18.5 Å². The van der Waals surface area contributed by atoms with Gasteiger partial charge in [0.1, 0.15) is 0 Å². The molecule has 1 fully saturated rings. The van der Waals surface area contributed by atoms with E-state index < -0.39 is 0 Å². The highest BCUT2D eigenvalue weighted by Crippen LogP contribution is 2.28. The van der Waals surface area contributed by atoms with Gasteiger partial charge in [0.05, 0.1) is 6.10 Å². The largest absolute Gasteiger partial charge is 0.388 e. The molecule has 3 atom stereocenters. The van der Waals surface area contributed by atoms with Crippen LogP contribution in [-0.2, 0) is 0 Å². The van der Waals surface area contributed by atoms with Crippen molar-refractivity contribution < 1.29 is 5.11 Å². The standard InChI is InChI=1S/C16H25NO/c1-4-16(18)14-5-7-15(8-6-14)17-10-9-12(2)11-13(17)3/h5-8,12-13,16,18H,4,9-11H2,1-3H3/t12?,13?,16-/m1/s1. The van der Waals surface area contributed by atoms with Gasteiger partial charge in [0, 0.05) is 18.3 Å². The van der Waals surface area contributed by atoms with Gasteiger partial charge in [-0.25, -0.2) is 0 Å². The molecule has 1 aliphatic rings. The average molecular weight is 247 g/mol. The maximum atomic E-state index is 9.80. The molecule has 0 amide bonds. The third-order valence-electron chi connectivity index (χ3n) is 4.13. The number of aliphatic hydroxyl groups is 1. The maximum Gasteiger partial charge on any atom is 0.0787 e. The number of anilines is 1. The molecule has 0 bridgehead atoms. The van der Waals surface area contributed by atoms with E-state index in [-0.39, 0.29) is 6.10 Å². The second-order valence-corrected chi connectivity index (χ2v) is 5.69. The second kappa shape index (κ2) is 5.75. The van der Waals surface area contributed by atoms with Gasteiger partial charge in [-0.3, -0.25) is 0 Å². The summed E-state index contributed by atoms with van der Waals surface area (Å²) in [4.78, 5) is 2.49. The summed E-state index contributed by atoms with van der Waals surface area (Å²) in [5.41, 5.74) is 2.32. The molecule has 0 saturated carbocycles. The predicted molar refractivity (Wildman–Crippen MR) is 76.9 cm³/mol. The molecule has 18 heavy (non-hydrogen) atoms. The van der Waals surface area contributed by atoms with Crippen molar-refractivity contribution in [3.05, 3.63) is 29.8 Å². The lowest BCUT2D eigenvalue weighted by atomic mass is 9.93. The molecule has 2 unspecified atom stereocenters. The van der Waals surface area contributed by atoms with E-state index in [1.54, 1.807) is 0 Å². The molecule has 1 aromatic rings. The van der Waals surface area contributed by atoms with E-state index in [1.807, 2.05) is 6.92 Å². The molecule has 0 aliphatic carbocycles. The van der Waals surface area contributed by atoms with Crippen molar-refractivity contribution in [3.63, 3.8) is 0 Å². The van der Waals surface area contributed by atoms with Crippen LogP contribution in [0, 0.1) is 5.92 Å². The number of rotatable bonds is 3. The van der Waals surface area contributed by atoms with E-state index in [4.69, 9.17) is 0 Å². The van der Waals surface area contributed by atoms with E-state index in [2.05, 4.69) is 43.0 Å². The van der Waals surface area contributed by atoms with Crippen molar-refractivity contribution in [1.82, 2.24) is 0 Å². The quantitative estimate of drug-likeness (QED) is 0.879. The Bertz CT molecular complexity index is 373. The first-order valence-electron chi connectivity index (χ1n) is 7.16. The fraction of sp³-hybridized carbons (Fsp3) is 0.625. The molecule has 0 aromatic heterocycles. The van der Waals surface area contributed by atoms with Crippen molar-refractivity contribution >= 4 is 5.69 Å². The highest BCUT2D eigenvalue weighted by molar-refractivity contribution is 5.49. The van der Waals surface area contributed by atoms with Crippen molar-refractivity contribution in [3.8, 4) is 0 Å². The second-order valence-electron chi connectivity index (χ2n) is 5.69. The van der Waals surface area contributed by atoms with Gasteiger partial charge >= 0.3 is 0 Å². The Hall–Kier alpha value is -1.02. The maximum absolute atomic E-state index is 9.80. The highest BCUT2D eigenvalue weighted by atomic mass is 16.3. The van der Waals surface area contributed by atoms with Gasteiger partial charge in [0.15, 0.2) is 0 Å². The van der Waals surface area contributed by atoms with E-state index in [0.29, 0.717) is 6.04 Å². The van der Waals surface area contributed by atoms with Crippen molar-refractivity contribution in [2.75, 3.05) is 11.4 Å². The average Bonchev–Trinajstić information content (AvgIpc) is 2.38. The number of hydrogen-bond donors (Lipinski definition) is 1. The Morgan fingerprint density at radius 3 is 2.50 bits per heavy atom. The Kier molecular flexibility index (Phi) is 4.28. The Morgan fingerprint density at radius 2 is 1.94 bits per heavy atom. The topological polar surface area (TPSA) is 23.5 Å². The summed E-state index contributed by atoms with van der Waals surface area (Å²) in [6, 6.07) is 9.06. The van der Waals surface area contributed by atoms with Gasteiger partial charge in [-0.1, -0.05) is 26.0 Å². The SMILES string of the molecule is CC[C@@H](O)c1ccc(N2CCC(C)CC2C)cc1. The molecule has 1 aliphatic heterocycles. The van der Waals surface area contributed by atoms with Crippen LogP contribution in [0.15, 0.2) is 24.3 Å². The van der Waals surface area contributed by atoms with Crippen LogP contribution in [0.1, 0.15) is 51.7 Å². The summed E-state index contributed by atoms with van der Waals surface area (Å²) in [5, 5.41) is 9.80. The molecule has 2 rings (SSSR count). The normalized spacial score (nSPS) is 26.1. The third-order valence-corrected chi connectivity index (χ3v) is 4.13. The molecular formula is C16H25NO. The van der Waals surface area contributed by atoms with Crippen LogP contribution in [0.5, 0.6) is 0 Å². The summed E-state index contributed by atoms with van der Waals surface area (Å²) in [5.74, 6) is 0.845. The zero-order chi connectivity index (χ0) is 13.1. The molecule has 2 heteroatoms. The first kappa shape index (κ1) is 13.4. The van der Waals surface area contributed by atoms with Crippen LogP contribution >= 0.6 is 0 Å². The van der Waals surface area contributed by atoms with Gasteiger partial charge in [-0.15, -0.1) is 0 Å². The van der Waals surface area contributed by atoms with Crippen LogP contribution in [-0.4, -0.2) is 17.7 Å². The summed E-state index contributed by atoms with van der Waals surface area (Å²) in [6.45, 7) is 7.81. The molecule has 1 heterocycles. The lowest BCUT2D eigenvalue weighted by Crippen LogP contribution is -2.40. The summed E-state index contributed by atoms with van der Waals surface area (Å²) in [6.07, 6.45) is 3.01. The van der Waals surface area contributed by atoms with E-state index in [0.717, 1.165) is 24.4 Å². The van der Waals surface area contributed by atoms with Gasteiger partial charge in [-0.2, -0.15) is 0 Å². The number of hydrogen-bond acceptors (Lipinski definition) is 2. The number of nitrogens with zero attached hydrogens (tertiary/aromatic N) is 1. The monoisotopic (exact) mass is 247 g/mol. The third kappa shape index (κ3) is 2.86. The first-order chi connectivity index (χ1) is 8.61. The minimum Gasteiger partial charge on any atom is -0.388 e. The van der Waals surface area contributed by atoms with Gasteiger partial charge in [0.2, 0.25) is 0 Å². The molecule has 0 radical (unpaired) electrons. The minimum atomic E-state index is -0.321. The van der Waals surface area contributed by atoms with Crippen LogP contribution in [0.25, 0.3) is 0 Å². The van der Waals surface area contributed by atoms with Gasteiger partial charge < -0.3 is 10.0 Å². The van der Waals surface area contributed by atoms with Crippen LogP contribution < -0.4 is 4.90 Å². The zero-order valence-corrected chi connectivity index (χ0v) is 11.8. The number of benzene rings is 1. The fourth-order valence-electron chi connectivity index (χ4n) is 2.91. The highest BCUT2D eigenvalue weighted by Gasteiger charge is 2.22. The Morgan fingerprint density at radius 1 is 1.28 bits per heavy atom. The van der Waals surface area contributed by atoms with Crippen LogP contribution in [0.3, 0.4) is 0 Å². The molecule has 1 N–H and O–H groups in total. The van der Waals surface area contributed by atoms with Crippen molar-refractivity contribution in [1.29, 1.82) is 0 Å². The van der Waals surface area contributed by atoms with Crippen LogP contribution in [0.4, 0.5) is 5.69 Å². The number of piperidine rings is 1. The van der Waals surface area contributed by atoms with Gasteiger partial charge in [0.25, 0.3) is 0 Å². The fourth-order valence-corrected chi connectivity index (χ4v) is 2.91. The summed E-state index contributed by atoms with van der Waals surface area (Å²) < 4.78 is 0. The lowest BCUT2D eigenvalue weighted by molar-refractivity contribution is 0.173. The zero-order valence-electron chi connectivity index (χ0n) is 11.8. The first-order valence-corrected chi connectivity index (χ1v) is 7.16. The molecule has 1 saturated heterocycles. The van der Waals surface area contributed by atoms with Crippen molar-refractivity contribution in [2.24, 2.45) is 5.92 Å². The smallest absolute Gasteiger partial charge is 0.0787 e. The Balaban J connectivity index is 2.09. The number of aliphatic hydroxyl groups excluding tert-OH is 1. The molecule has 2 nitrogen and oxygen atoms in total. The van der Waals surface area contributed by atoms with E-state index >= 15 is 0 Å². The molecule has 0 spiro atoms. The molecule has 100 valence electrons. The summed E-state index contributed by atoms with van der Waals surface area (Å²) >= 11 is 0. The minimum absolute atomic E-state index is 0.321.